The second-order valence-electron chi connectivity index (χ2n) is 4.99. The number of thioether (sulfide) groups is 1. The van der Waals surface area contributed by atoms with Gasteiger partial charge in [0.15, 0.2) is 5.78 Å². The van der Waals surface area contributed by atoms with E-state index in [1.54, 1.807) is 18.0 Å². The van der Waals surface area contributed by atoms with Crippen molar-refractivity contribution in [2.24, 2.45) is 0 Å². The molecule has 0 atom stereocenters. The van der Waals surface area contributed by atoms with Crippen LogP contribution in [0.4, 0.5) is 0 Å². The van der Waals surface area contributed by atoms with Crippen molar-refractivity contribution < 1.29 is 9.21 Å². The lowest BCUT2D eigenvalue weighted by Gasteiger charge is -2.04. The van der Waals surface area contributed by atoms with Gasteiger partial charge in [0, 0.05) is 11.1 Å². The first kappa shape index (κ1) is 14.0. The maximum atomic E-state index is 12.3. The van der Waals surface area contributed by atoms with Crippen LogP contribution in [0.15, 0.2) is 59.2 Å². The fourth-order valence-corrected chi connectivity index (χ4v) is 3.28. The van der Waals surface area contributed by atoms with Crippen LogP contribution in [0, 0.1) is 6.92 Å². The molecule has 1 aromatic heterocycles. The van der Waals surface area contributed by atoms with Crippen molar-refractivity contribution in [3.05, 3.63) is 71.5 Å². The number of benzene rings is 2. The van der Waals surface area contributed by atoms with E-state index in [4.69, 9.17) is 4.42 Å². The predicted molar refractivity (Wildman–Crippen MR) is 87.9 cm³/mol. The number of rotatable bonds is 5. The Bertz CT molecular complexity index is 773. The summed E-state index contributed by atoms with van der Waals surface area (Å²) in [5.41, 5.74) is 4.01. The number of Topliss-reactive ketones (excluding diaryl/α,β-unsaturated/α-hetero) is 1. The van der Waals surface area contributed by atoms with Gasteiger partial charge in [0.05, 0.1) is 11.3 Å². The van der Waals surface area contributed by atoms with Crippen molar-refractivity contribution in [3.63, 3.8) is 0 Å². The van der Waals surface area contributed by atoms with Gasteiger partial charge in [-0.1, -0.05) is 42.5 Å². The van der Waals surface area contributed by atoms with E-state index in [2.05, 4.69) is 19.1 Å². The third-order valence-corrected chi connectivity index (χ3v) is 4.51. The number of carbonyl (C=O) groups excluding carboxylic acids is 1. The minimum Gasteiger partial charge on any atom is -0.464 e. The molecule has 0 N–H and O–H groups in total. The molecule has 0 aliphatic carbocycles. The van der Waals surface area contributed by atoms with Crippen molar-refractivity contribution >= 4 is 28.5 Å². The first-order valence-electron chi connectivity index (χ1n) is 6.87. The number of para-hydroxylation sites is 1. The summed E-state index contributed by atoms with van der Waals surface area (Å²) in [4.78, 5) is 12.3. The van der Waals surface area contributed by atoms with Crippen LogP contribution < -0.4 is 0 Å². The lowest BCUT2D eigenvalue weighted by atomic mass is 10.1. The van der Waals surface area contributed by atoms with Gasteiger partial charge < -0.3 is 4.42 Å². The molecule has 1 heterocycles. The van der Waals surface area contributed by atoms with Crippen LogP contribution in [0.25, 0.3) is 11.0 Å². The van der Waals surface area contributed by atoms with Crippen LogP contribution in [0.1, 0.15) is 21.5 Å². The minimum absolute atomic E-state index is 0.124. The Morgan fingerprint density at radius 2 is 1.86 bits per heavy atom. The van der Waals surface area contributed by atoms with Crippen molar-refractivity contribution in [2.75, 3.05) is 5.75 Å². The van der Waals surface area contributed by atoms with E-state index in [-0.39, 0.29) is 5.78 Å². The van der Waals surface area contributed by atoms with Gasteiger partial charge in [-0.15, -0.1) is 11.8 Å². The molecule has 3 heteroatoms. The molecular weight excluding hydrogens is 280 g/mol. The van der Waals surface area contributed by atoms with Gasteiger partial charge in [-0.25, -0.2) is 0 Å². The van der Waals surface area contributed by atoms with E-state index in [1.807, 2.05) is 36.4 Å². The summed E-state index contributed by atoms with van der Waals surface area (Å²) >= 11 is 1.64. The van der Waals surface area contributed by atoms with Crippen molar-refractivity contribution in [2.45, 2.75) is 12.7 Å². The zero-order valence-corrected chi connectivity index (χ0v) is 12.7. The lowest BCUT2D eigenvalue weighted by molar-refractivity contribution is 0.102. The Morgan fingerprint density at radius 3 is 2.71 bits per heavy atom. The van der Waals surface area contributed by atoms with Crippen LogP contribution in [0.2, 0.25) is 0 Å². The molecule has 0 amide bonds. The highest BCUT2D eigenvalue weighted by Crippen LogP contribution is 2.23. The summed E-state index contributed by atoms with van der Waals surface area (Å²) in [7, 11) is 0. The monoisotopic (exact) mass is 296 g/mol. The molecule has 0 fully saturated rings. The molecule has 0 bridgehead atoms. The lowest BCUT2D eigenvalue weighted by Crippen LogP contribution is -2.02. The van der Waals surface area contributed by atoms with Gasteiger partial charge in [-0.3, -0.25) is 4.79 Å². The molecule has 106 valence electrons. The summed E-state index contributed by atoms with van der Waals surface area (Å²) in [5.74, 6) is 1.45. The van der Waals surface area contributed by atoms with Crippen LogP contribution in [-0.2, 0) is 5.75 Å². The Labute approximate surface area is 128 Å². The molecule has 0 aliphatic heterocycles. The zero-order valence-electron chi connectivity index (χ0n) is 11.8. The highest BCUT2D eigenvalue weighted by Gasteiger charge is 2.13. The maximum absolute atomic E-state index is 12.3. The molecule has 21 heavy (non-hydrogen) atoms. The summed E-state index contributed by atoms with van der Waals surface area (Å²) in [6, 6.07) is 15.9. The van der Waals surface area contributed by atoms with Gasteiger partial charge >= 0.3 is 0 Å². The molecule has 0 radical (unpaired) electrons. The van der Waals surface area contributed by atoms with Gasteiger partial charge in [0.1, 0.15) is 11.8 Å². The highest BCUT2D eigenvalue weighted by atomic mass is 32.2. The molecule has 3 rings (SSSR count). The van der Waals surface area contributed by atoms with E-state index in [9.17, 15) is 4.79 Å². The molecule has 0 saturated carbocycles. The number of aryl methyl sites for hydroxylation is 1. The Balaban J connectivity index is 1.66. The molecule has 0 aliphatic rings. The van der Waals surface area contributed by atoms with E-state index >= 15 is 0 Å². The predicted octanol–water partition coefficient (Wildman–Crippen LogP) is 4.86. The Kier molecular flexibility index (Phi) is 4.11. The highest BCUT2D eigenvalue weighted by molar-refractivity contribution is 7.99. The minimum atomic E-state index is 0.124. The smallest absolute Gasteiger partial charge is 0.176 e. The maximum Gasteiger partial charge on any atom is 0.176 e. The Hall–Kier alpha value is -2.00. The summed E-state index contributed by atoms with van der Waals surface area (Å²) in [5, 5.41) is 0.902. The fourth-order valence-electron chi connectivity index (χ4n) is 2.30. The molecule has 2 nitrogen and oxygen atoms in total. The van der Waals surface area contributed by atoms with E-state index in [0.717, 1.165) is 16.7 Å². The van der Waals surface area contributed by atoms with Gasteiger partial charge in [-0.05, 0) is 24.1 Å². The van der Waals surface area contributed by atoms with Gasteiger partial charge in [-0.2, -0.15) is 0 Å². The molecule has 0 saturated heterocycles. The second kappa shape index (κ2) is 6.19. The topological polar surface area (TPSA) is 30.2 Å². The van der Waals surface area contributed by atoms with Crippen LogP contribution in [0.3, 0.4) is 0 Å². The molecule has 0 unspecified atom stereocenters. The van der Waals surface area contributed by atoms with Crippen molar-refractivity contribution in [1.29, 1.82) is 0 Å². The first-order valence-corrected chi connectivity index (χ1v) is 8.03. The molecule has 3 aromatic rings. The van der Waals surface area contributed by atoms with E-state index in [1.165, 1.54) is 11.1 Å². The third kappa shape index (κ3) is 3.03. The first-order chi connectivity index (χ1) is 10.3. The Morgan fingerprint density at radius 1 is 1.10 bits per heavy atom. The summed E-state index contributed by atoms with van der Waals surface area (Å²) < 4.78 is 5.42. The van der Waals surface area contributed by atoms with Crippen LogP contribution >= 0.6 is 11.8 Å². The van der Waals surface area contributed by atoms with E-state index in [0.29, 0.717) is 11.3 Å². The fraction of sp³-hybridized carbons (Fsp3) is 0.167. The molecule has 0 spiro atoms. The third-order valence-electron chi connectivity index (χ3n) is 3.53. The number of ketones is 1. The zero-order chi connectivity index (χ0) is 14.7. The van der Waals surface area contributed by atoms with Gasteiger partial charge in [0.25, 0.3) is 0 Å². The van der Waals surface area contributed by atoms with Crippen molar-refractivity contribution in [3.8, 4) is 0 Å². The number of hydrogen-bond donors (Lipinski definition) is 0. The summed E-state index contributed by atoms with van der Waals surface area (Å²) in [6.07, 6.45) is 1.57. The second-order valence-corrected chi connectivity index (χ2v) is 5.97. The molecular formula is C18H16O2S. The SMILES string of the molecule is Cc1ccccc1CSCC(=O)c1coc2ccccc12. The molecule has 2 aromatic carbocycles. The van der Waals surface area contributed by atoms with Crippen molar-refractivity contribution in [1.82, 2.24) is 0 Å². The summed E-state index contributed by atoms with van der Waals surface area (Å²) in [6.45, 7) is 2.10. The number of fused-ring (bicyclic) bond motifs is 1. The van der Waals surface area contributed by atoms with Crippen LogP contribution in [-0.4, -0.2) is 11.5 Å². The standard InChI is InChI=1S/C18H16O2S/c1-13-6-2-3-7-14(13)11-21-12-17(19)16-10-20-18-9-5-4-8-15(16)18/h2-10H,11-12H2,1H3. The number of hydrogen-bond acceptors (Lipinski definition) is 3. The number of furan rings is 1. The average Bonchev–Trinajstić information content (AvgIpc) is 2.93. The number of carbonyl (C=O) groups is 1. The average molecular weight is 296 g/mol. The van der Waals surface area contributed by atoms with Crippen LogP contribution in [0.5, 0.6) is 0 Å². The van der Waals surface area contributed by atoms with E-state index < -0.39 is 0 Å². The van der Waals surface area contributed by atoms with Gasteiger partial charge in [0.2, 0.25) is 0 Å². The normalized spacial score (nSPS) is 10.9. The largest absolute Gasteiger partial charge is 0.464 e. The quantitative estimate of drug-likeness (QED) is 0.630.